The van der Waals surface area contributed by atoms with Crippen LogP contribution in [0.3, 0.4) is 0 Å². The molecule has 3 rings (SSSR count). The van der Waals surface area contributed by atoms with E-state index in [1.54, 1.807) is 11.8 Å². The van der Waals surface area contributed by atoms with Gasteiger partial charge in [0.2, 0.25) is 0 Å². The number of rotatable bonds is 9. The number of carbonyl (C=O) groups excluding carboxylic acids is 2. The van der Waals surface area contributed by atoms with Crippen molar-refractivity contribution in [2.75, 3.05) is 50.0 Å². The van der Waals surface area contributed by atoms with Gasteiger partial charge in [-0.25, -0.2) is 4.79 Å². The second kappa shape index (κ2) is 24.1. The molecule has 6 nitrogen and oxygen atoms in total. The highest BCUT2D eigenvalue weighted by Crippen LogP contribution is 2.26. The first-order valence-corrected chi connectivity index (χ1v) is 16.9. The van der Waals surface area contributed by atoms with Gasteiger partial charge >= 0.3 is 6.03 Å². The normalized spacial score (nSPS) is 12.1. The topological polar surface area (TPSA) is 73.5 Å². The van der Waals surface area contributed by atoms with E-state index < -0.39 is 0 Å². The van der Waals surface area contributed by atoms with Gasteiger partial charge in [0, 0.05) is 44.0 Å². The number of thioether (sulfide) groups is 1. The van der Waals surface area contributed by atoms with Crippen LogP contribution in [0.4, 0.5) is 10.5 Å². The summed E-state index contributed by atoms with van der Waals surface area (Å²) in [7, 11) is 0. The number of nitrogens with one attached hydrogen (secondary N) is 3. The van der Waals surface area contributed by atoms with Crippen LogP contribution in [-0.4, -0.2) is 61.6 Å². The highest BCUT2D eigenvalue weighted by Gasteiger charge is 2.22. The van der Waals surface area contributed by atoms with Gasteiger partial charge in [0.25, 0.3) is 5.91 Å². The Morgan fingerprint density at radius 2 is 1.61 bits per heavy atom. The van der Waals surface area contributed by atoms with Crippen LogP contribution in [0.5, 0.6) is 0 Å². The fraction of sp³-hybridized carbons (Fsp3) is 0.588. The van der Waals surface area contributed by atoms with E-state index in [0.717, 1.165) is 73.6 Å². The SMILES string of the molecule is CC.CCC.CCc1cc(NC(=O)NCCCSC)c(CC(C)C)cc1C(=O)N1CCNCC1.Cc1ccccc1. The third kappa shape index (κ3) is 16.5. The van der Waals surface area contributed by atoms with Crippen LogP contribution in [0.2, 0.25) is 0 Å². The molecule has 2 aromatic rings. The number of hydrogen-bond acceptors (Lipinski definition) is 4. The van der Waals surface area contributed by atoms with Crippen molar-refractivity contribution >= 4 is 29.4 Å². The van der Waals surface area contributed by atoms with Crippen LogP contribution in [-0.2, 0) is 12.8 Å². The average molecular weight is 587 g/mol. The first kappa shape index (κ1) is 38.5. The maximum atomic E-state index is 13.2. The summed E-state index contributed by atoms with van der Waals surface area (Å²) >= 11 is 1.78. The monoisotopic (exact) mass is 586 g/mol. The van der Waals surface area contributed by atoms with Gasteiger partial charge in [0.15, 0.2) is 0 Å². The van der Waals surface area contributed by atoms with Crippen LogP contribution in [0.25, 0.3) is 0 Å². The number of piperazine rings is 1. The van der Waals surface area contributed by atoms with Gasteiger partial charge in [-0.2, -0.15) is 11.8 Å². The number of anilines is 1. The lowest BCUT2D eigenvalue weighted by Gasteiger charge is -2.29. The van der Waals surface area contributed by atoms with Gasteiger partial charge in [-0.15, -0.1) is 0 Å². The molecule has 2 aromatic carbocycles. The lowest BCUT2D eigenvalue weighted by molar-refractivity contribution is 0.0734. The van der Waals surface area contributed by atoms with Crippen molar-refractivity contribution in [1.29, 1.82) is 0 Å². The van der Waals surface area contributed by atoms with E-state index in [9.17, 15) is 9.59 Å². The van der Waals surface area contributed by atoms with Crippen molar-refractivity contribution in [3.63, 3.8) is 0 Å². The Labute approximate surface area is 255 Å². The zero-order valence-corrected chi connectivity index (χ0v) is 28.2. The maximum absolute atomic E-state index is 13.2. The molecule has 0 atom stereocenters. The second-order valence-corrected chi connectivity index (χ2v) is 11.2. The molecule has 1 saturated heterocycles. The second-order valence-electron chi connectivity index (χ2n) is 10.2. The van der Waals surface area contributed by atoms with Gasteiger partial charge in [-0.1, -0.05) is 90.8 Å². The quantitative estimate of drug-likeness (QED) is 0.262. The van der Waals surface area contributed by atoms with Crippen LogP contribution >= 0.6 is 11.8 Å². The highest BCUT2D eigenvalue weighted by atomic mass is 32.2. The lowest BCUT2D eigenvalue weighted by Crippen LogP contribution is -2.46. The first-order valence-electron chi connectivity index (χ1n) is 15.5. The Kier molecular flexibility index (Phi) is 22.6. The summed E-state index contributed by atoms with van der Waals surface area (Å²) in [6.45, 7) is 20.5. The molecule has 232 valence electrons. The summed E-state index contributed by atoms with van der Waals surface area (Å²) in [6, 6.07) is 14.1. The van der Waals surface area contributed by atoms with E-state index >= 15 is 0 Å². The lowest BCUT2D eigenvalue weighted by atomic mass is 9.94. The van der Waals surface area contributed by atoms with Crippen molar-refractivity contribution in [2.24, 2.45) is 5.92 Å². The van der Waals surface area contributed by atoms with Gasteiger partial charge in [-0.05, 0) is 67.4 Å². The van der Waals surface area contributed by atoms with Gasteiger partial charge in [0.1, 0.15) is 0 Å². The molecule has 0 spiro atoms. The van der Waals surface area contributed by atoms with Crippen LogP contribution in [0.15, 0.2) is 42.5 Å². The smallest absolute Gasteiger partial charge is 0.319 e. The molecule has 3 amide bonds. The highest BCUT2D eigenvalue weighted by molar-refractivity contribution is 7.98. The average Bonchev–Trinajstić information content (AvgIpc) is 2.98. The Morgan fingerprint density at radius 3 is 2.10 bits per heavy atom. The molecule has 0 radical (unpaired) electrons. The Bertz CT molecular complexity index is 961. The number of nitrogens with zero attached hydrogens (tertiary/aromatic N) is 1. The molecule has 1 heterocycles. The number of amides is 3. The molecule has 0 saturated carbocycles. The van der Waals surface area contributed by atoms with Gasteiger partial charge in [-0.3, -0.25) is 4.79 Å². The fourth-order valence-electron chi connectivity index (χ4n) is 4.06. The molecular weight excluding hydrogens is 528 g/mol. The Morgan fingerprint density at radius 1 is 1.00 bits per heavy atom. The minimum absolute atomic E-state index is 0.0985. The first-order chi connectivity index (χ1) is 19.8. The molecule has 41 heavy (non-hydrogen) atoms. The largest absolute Gasteiger partial charge is 0.338 e. The Balaban J connectivity index is 0.00000111. The number of carbonyl (C=O) groups is 2. The van der Waals surface area contributed by atoms with Crippen LogP contribution in [0, 0.1) is 12.8 Å². The van der Waals surface area contributed by atoms with E-state index in [4.69, 9.17) is 0 Å². The number of urea groups is 1. The predicted octanol–water partition coefficient (Wildman–Crippen LogP) is 7.81. The molecule has 1 aliphatic rings. The minimum atomic E-state index is -0.181. The van der Waals surface area contributed by atoms with Gasteiger partial charge < -0.3 is 20.9 Å². The van der Waals surface area contributed by atoms with Crippen molar-refractivity contribution in [3.05, 3.63) is 64.7 Å². The van der Waals surface area contributed by atoms with E-state index in [1.807, 2.05) is 49.1 Å². The molecule has 0 aromatic heterocycles. The van der Waals surface area contributed by atoms with E-state index in [1.165, 1.54) is 12.0 Å². The standard InChI is InChI=1S/C22H36N4O2S.C7H8.C3H8.C2H6/c1-5-17-15-20(25-22(28)24-7-6-12-29-4)18(13-16(2)3)14-19(17)21(27)26-10-8-23-9-11-26;1-7-5-3-2-4-6-7;1-3-2;1-2/h14-16,23H,5-13H2,1-4H3,(H2,24,25,28);2-6H,1H3;3H2,1-2H3;1-2H3. The zero-order valence-electron chi connectivity index (χ0n) is 27.4. The summed E-state index contributed by atoms with van der Waals surface area (Å²) < 4.78 is 0. The van der Waals surface area contributed by atoms with E-state index in [2.05, 4.69) is 75.9 Å². The summed E-state index contributed by atoms with van der Waals surface area (Å²) in [4.78, 5) is 27.4. The summed E-state index contributed by atoms with van der Waals surface area (Å²) in [6.07, 6.45) is 5.83. The molecule has 1 fully saturated rings. The number of hydrogen-bond donors (Lipinski definition) is 3. The number of benzene rings is 2. The van der Waals surface area contributed by atoms with Crippen molar-refractivity contribution in [1.82, 2.24) is 15.5 Å². The maximum Gasteiger partial charge on any atom is 0.319 e. The number of aryl methyl sites for hydroxylation is 2. The Hall–Kier alpha value is -2.51. The van der Waals surface area contributed by atoms with E-state index in [-0.39, 0.29) is 11.9 Å². The summed E-state index contributed by atoms with van der Waals surface area (Å²) in [5.74, 6) is 1.55. The minimum Gasteiger partial charge on any atom is -0.338 e. The van der Waals surface area contributed by atoms with Crippen molar-refractivity contribution < 1.29 is 9.59 Å². The fourth-order valence-corrected chi connectivity index (χ4v) is 4.50. The zero-order chi connectivity index (χ0) is 31.0. The molecule has 3 N–H and O–H groups in total. The molecule has 7 heteroatoms. The molecule has 0 unspecified atom stereocenters. The third-order valence-corrected chi connectivity index (χ3v) is 6.67. The van der Waals surface area contributed by atoms with Crippen LogP contribution < -0.4 is 16.0 Å². The summed E-state index contributed by atoms with van der Waals surface area (Å²) in [5.41, 5.74) is 4.92. The van der Waals surface area contributed by atoms with Crippen molar-refractivity contribution in [2.45, 2.75) is 81.1 Å². The molecule has 0 aliphatic carbocycles. The molecule has 1 aliphatic heterocycles. The molecular formula is C34H58N4O2S. The summed E-state index contributed by atoms with van der Waals surface area (Å²) in [5, 5.41) is 9.24. The third-order valence-electron chi connectivity index (χ3n) is 5.97. The van der Waals surface area contributed by atoms with Crippen molar-refractivity contribution in [3.8, 4) is 0 Å². The van der Waals surface area contributed by atoms with Crippen LogP contribution in [0.1, 0.15) is 88.4 Å². The van der Waals surface area contributed by atoms with Gasteiger partial charge in [0.05, 0.1) is 0 Å². The molecule has 0 bridgehead atoms. The van der Waals surface area contributed by atoms with E-state index in [0.29, 0.717) is 12.5 Å². The predicted molar refractivity (Wildman–Crippen MR) is 182 cm³/mol.